The second-order valence-electron chi connectivity index (χ2n) is 4.48. The van der Waals surface area contributed by atoms with Gasteiger partial charge in [-0.05, 0) is 12.1 Å². The highest BCUT2D eigenvalue weighted by molar-refractivity contribution is 7.13. The SMILES string of the molecule is CC(=O)N(C)c1ccccc1NC(=O)c1csc([N+](=O)[O-])c1. The fraction of sp³-hybridized carbons (Fsp3) is 0.143. The maximum Gasteiger partial charge on any atom is 0.324 e. The Bertz CT molecular complexity index is 741. The standard InChI is InChI=1S/C14H13N3O4S/c1-9(18)16(2)12-6-4-3-5-11(12)15-14(19)10-7-13(17(20)21)22-8-10/h3-8H,1-2H3,(H,15,19). The summed E-state index contributed by atoms with van der Waals surface area (Å²) in [6, 6.07) is 8.06. The van der Waals surface area contributed by atoms with Crippen molar-refractivity contribution in [2.24, 2.45) is 0 Å². The minimum absolute atomic E-state index is 0.0979. The second-order valence-corrected chi connectivity index (χ2v) is 5.37. The molecule has 0 fully saturated rings. The second kappa shape index (κ2) is 6.35. The van der Waals surface area contributed by atoms with Crippen LogP contribution < -0.4 is 10.2 Å². The number of carbonyl (C=O) groups excluding carboxylic acids is 2. The fourth-order valence-electron chi connectivity index (χ4n) is 1.78. The quantitative estimate of drug-likeness (QED) is 0.692. The van der Waals surface area contributed by atoms with E-state index in [1.165, 1.54) is 23.3 Å². The van der Waals surface area contributed by atoms with Crippen molar-refractivity contribution in [1.82, 2.24) is 0 Å². The van der Waals surface area contributed by atoms with Crippen LogP contribution in [-0.2, 0) is 4.79 Å². The van der Waals surface area contributed by atoms with Crippen LogP contribution in [0.25, 0.3) is 0 Å². The molecule has 1 aromatic heterocycles. The average Bonchev–Trinajstić information content (AvgIpc) is 2.97. The molecule has 2 amide bonds. The molecule has 0 spiro atoms. The lowest BCUT2D eigenvalue weighted by Gasteiger charge is -2.19. The van der Waals surface area contributed by atoms with E-state index in [4.69, 9.17) is 0 Å². The van der Waals surface area contributed by atoms with Crippen molar-refractivity contribution in [1.29, 1.82) is 0 Å². The third kappa shape index (κ3) is 3.29. The monoisotopic (exact) mass is 319 g/mol. The first-order valence-electron chi connectivity index (χ1n) is 6.27. The molecule has 0 atom stereocenters. The van der Waals surface area contributed by atoms with Crippen molar-refractivity contribution in [2.75, 3.05) is 17.3 Å². The average molecular weight is 319 g/mol. The molecule has 0 bridgehead atoms. The van der Waals surface area contributed by atoms with Crippen LogP contribution in [-0.4, -0.2) is 23.8 Å². The van der Waals surface area contributed by atoms with Crippen molar-refractivity contribution in [3.63, 3.8) is 0 Å². The van der Waals surface area contributed by atoms with E-state index in [-0.39, 0.29) is 16.5 Å². The molecule has 0 aliphatic heterocycles. The summed E-state index contributed by atoms with van der Waals surface area (Å²) in [5.41, 5.74) is 1.21. The van der Waals surface area contributed by atoms with Gasteiger partial charge in [0.2, 0.25) is 5.91 Å². The van der Waals surface area contributed by atoms with Crippen LogP contribution in [0.1, 0.15) is 17.3 Å². The summed E-state index contributed by atoms with van der Waals surface area (Å²) in [6.45, 7) is 1.42. The summed E-state index contributed by atoms with van der Waals surface area (Å²) >= 11 is 0.887. The van der Waals surface area contributed by atoms with Crippen LogP contribution in [0.5, 0.6) is 0 Å². The predicted octanol–water partition coefficient (Wildman–Crippen LogP) is 2.89. The zero-order valence-corrected chi connectivity index (χ0v) is 12.7. The van der Waals surface area contributed by atoms with Gasteiger partial charge in [-0.15, -0.1) is 0 Å². The third-order valence-electron chi connectivity index (χ3n) is 3.01. The van der Waals surface area contributed by atoms with E-state index in [9.17, 15) is 19.7 Å². The molecule has 0 aliphatic carbocycles. The van der Waals surface area contributed by atoms with E-state index in [2.05, 4.69) is 5.32 Å². The molecule has 1 aromatic carbocycles. The van der Waals surface area contributed by atoms with Gasteiger partial charge in [-0.25, -0.2) is 0 Å². The lowest BCUT2D eigenvalue weighted by Crippen LogP contribution is -2.24. The molecule has 2 rings (SSSR count). The molecule has 1 heterocycles. The highest BCUT2D eigenvalue weighted by Crippen LogP contribution is 2.27. The largest absolute Gasteiger partial charge is 0.324 e. The molecule has 0 saturated carbocycles. The van der Waals surface area contributed by atoms with Gasteiger partial charge in [-0.3, -0.25) is 19.7 Å². The van der Waals surface area contributed by atoms with Gasteiger partial charge < -0.3 is 10.2 Å². The Labute approximate surface area is 130 Å². The van der Waals surface area contributed by atoms with Crippen LogP contribution in [0.4, 0.5) is 16.4 Å². The first kappa shape index (κ1) is 15.6. The van der Waals surface area contributed by atoms with Crippen LogP contribution in [0, 0.1) is 10.1 Å². The number of rotatable bonds is 4. The number of anilines is 2. The fourth-order valence-corrected chi connectivity index (χ4v) is 2.48. The summed E-state index contributed by atoms with van der Waals surface area (Å²) in [4.78, 5) is 35.2. The normalized spacial score (nSPS) is 10.1. The number of para-hydroxylation sites is 2. The van der Waals surface area contributed by atoms with Crippen molar-refractivity contribution in [3.05, 3.63) is 51.4 Å². The number of thiophene rings is 1. The van der Waals surface area contributed by atoms with Gasteiger partial charge >= 0.3 is 5.00 Å². The number of nitro groups is 1. The van der Waals surface area contributed by atoms with Gasteiger partial charge in [-0.2, -0.15) is 0 Å². The van der Waals surface area contributed by atoms with E-state index in [1.54, 1.807) is 31.3 Å². The van der Waals surface area contributed by atoms with Gasteiger partial charge in [0, 0.05) is 25.4 Å². The van der Waals surface area contributed by atoms with E-state index >= 15 is 0 Å². The summed E-state index contributed by atoms with van der Waals surface area (Å²) in [5, 5.41) is 14.6. The van der Waals surface area contributed by atoms with Crippen LogP contribution in [0.15, 0.2) is 35.7 Å². The molecule has 114 valence electrons. The van der Waals surface area contributed by atoms with Crippen molar-refractivity contribution >= 4 is 39.5 Å². The first-order chi connectivity index (χ1) is 10.4. The molecular weight excluding hydrogens is 306 g/mol. The smallest absolute Gasteiger partial charge is 0.320 e. The number of nitrogens with zero attached hydrogens (tertiary/aromatic N) is 2. The number of amides is 2. The lowest BCUT2D eigenvalue weighted by molar-refractivity contribution is -0.380. The Kier molecular flexibility index (Phi) is 4.52. The maximum absolute atomic E-state index is 12.2. The van der Waals surface area contributed by atoms with Crippen LogP contribution >= 0.6 is 11.3 Å². The molecule has 0 saturated heterocycles. The zero-order valence-electron chi connectivity index (χ0n) is 11.9. The number of hydrogen-bond donors (Lipinski definition) is 1. The summed E-state index contributed by atoms with van der Waals surface area (Å²) in [7, 11) is 1.60. The molecule has 7 nitrogen and oxygen atoms in total. The molecule has 22 heavy (non-hydrogen) atoms. The highest BCUT2D eigenvalue weighted by Gasteiger charge is 2.17. The van der Waals surface area contributed by atoms with Gasteiger partial charge in [-0.1, -0.05) is 23.5 Å². The molecule has 0 radical (unpaired) electrons. The number of carbonyl (C=O) groups is 2. The van der Waals surface area contributed by atoms with E-state index < -0.39 is 10.8 Å². The summed E-state index contributed by atoms with van der Waals surface area (Å²) in [5.74, 6) is -0.637. The number of benzene rings is 1. The van der Waals surface area contributed by atoms with Crippen LogP contribution in [0.3, 0.4) is 0 Å². The summed E-state index contributed by atoms with van der Waals surface area (Å²) < 4.78 is 0. The molecular formula is C14H13N3O4S. The van der Waals surface area contributed by atoms with Crippen LogP contribution in [0.2, 0.25) is 0 Å². The number of hydrogen-bond acceptors (Lipinski definition) is 5. The Balaban J connectivity index is 2.24. The Morgan fingerprint density at radius 2 is 2.00 bits per heavy atom. The zero-order chi connectivity index (χ0) is 16.3. The topological polar surface area (TPSA) is 92.6 Å². The molecule has 0 aliphatic rings. The van der Waals surface area contributed by atoms with Gasteiger partial charge in [0.1, 0.15) is 0 Å². The Morgan fingerprint density at radius 1 is 1.32 bits per heavy atom. The van der Waals surface area contributed by atoms with Crippen molar-refractivity contribution < 1.29 is 14.5 Å². The molecule has 8 heteroatoms. The van der Waals surface area contributed by atoms with Gasteiger partial charge in [0.25, 0.3) is 5.91 Å². The van der Waals surface area contributed by atoms with Crippen molar-refractivity contribution in [2.45, 2.75) is 6.92 Å². The molecule has 2 aromatic rings. The summed E-state index contributed by atoms with van der Waals surface area (Å²) in [6.07, 6.45) is 0. The minimum Gasteiger partial charge on any atom is -0.320 e. The molecule has 1 N–H and O–H groups in total. The Hall–Kier alpha value is -2.74. The lowest BCUT2D eigenvalue weighted by atomic mass is 10.2. The van der Waals surface area contributed by atoms with Gasteiger partial charge in [0.05, 0.1) is 21.9 Å². The van der Waals surface area contributed by atoms with Crippen molar-refractivity contribution in [3.8, 4) is 0 Å². The third-order valence-corrected chi connectivity index (χ3v) is 3.89. The van der Waals surface area contributed by atoms with E-state index in [0.29, 0.717) is 11.4 Å². The highest BCUT2D eigenvalue weighted by atomic mass is 32.1. The maximum atomic E-state index is 12.2. The Morgan fingerprint density at radius 3 is 2.59 bits per heavy atom. The van der Waals surface area contributed by atoms with E-state index in [1.807, 2.05) is 0 Å². The van der Waals surface area contributed by atoms with Gasteiger partial charge in [0.15, 0.2) is 0 Å². The minimum atomic E-state index is -0.543. The molecule has 0 unspecified atom stereocenters. The predicted molar refractivity (Wildman–Crippen MR) is 84.5 cm³/mol. The van der Waals surface area contributed by atoms with E-state index in [0.717, 1.165) is 11.3 Å². The number of nitrogens with one attached hydrogen (secondary N) is 1. The first-order valence-corrected chi connectivity index (χ1v) is 7.15.